The molecule has 3 aromatic rings. The third-order valence-electron chi connectivity index (χ3n) is 5.88. The molecule has 1 aliphatic rings. The monoisotopic (exact) mass is 426 g/mol. The predicted octanol–water partition coefficient (Wildman–Crippen LogP) is 4.05. The molecule has 1 saturated heterocycles. The van der Waals surface area contributed by atoms with E-state index in [-0.39, 0.29) is 17.7 Å². The van der Waals surface area contributed by atoms with Crippen molar-refractivity contribution in [1.29, 1.82) is 0 Å². The van der Waals surface area contributed by atoms with Crippen LogP contribution in [-0.2, 0) is 6.54 Å². The zero-order valence-corrected chi connectivity index (χ0v) is 17.8. The fourth-order valence-corrected chi connectivity index (χ4v) is 4.18. The summed E-state index contributed by atoms with van der Waals surface area (Å²) in [7, 11) is 0. The van der Waals surface area contributed by atoms with Crippen molar-refractivity contribution in [3.05, 3.63) is 71.6 Å². The molecule has 2 heterocycles. The summed E-state index contributed by atoms with van der Waals surface area (Å²) in [6.07, 6.45) is 3.12. The average Bonchev–Trinajstić information content (AvgIpc) is 3.24. The number of rotatable bonds is 8. The fraction of sp³-hybridized carbons (Fsp3) is 0.435. The van der Waals surface area contributed by atoms with Gasteiger partial charge in [-0.2, -0.15) is 0 Å². The quantitative estimate of drug-likeness (QED) is 0.544. The molecule has 164 valence electrons. The summed E-state index contributed by atoms with van der Waals surface area (Å²) in [5.74, 6) is 0.396. The summed E-state index contributed by atoms with van der Waals surface area (Å²) in [5.41, 5.74) is 1.61. The Labute approximate surface area is 181 Å². The largest absolute Gasteiger partial charge is 0.367 e. The predicted molar refractivity (Wildman–Crippen MR) is 116 cm³/mol. The van der Waals surface area contributed by atoms with E-state index in [1.807, 2.05) is 16.8 Å². The van der Waals surface area contributed by atoms with E-state index in [0.29, 0.717) is 12.2 Å². The maximum atomic E-state index is 14.2. The van der Waals surface area contributed by atoms with Gasteiger partial charge in [0, 0.05) is 26.2 Å². The molecular weight excluding hydrogens is 398 g/mol. The minimum Gasteiger partial charge on any atom is -0.367 e. The summed E-state index contributed by atoms with van der Waals surface area (Å²) < 4.78 is 29.3. The number of hydrogen-bond donors (Lipinski definition) is 0. The van der Waals surface area contributed by atoms with Gasteiger partial charge in [-0.1, -0.05) is 44.0 Å². The number of piperazine rings is 1. The molecule has 8 heteroatoms. The number of anilines is 1. The lowest BCUT2D eigenvalue weighted by Gasteiger charge is -2.39. The third kappa shape index (κ3) is 5.07. The normalized spacial score (nSPS) is 15.9. The van der Waals surface area contributed by atoms with Crippen molar-refractivity contribution in [2.45, 2.75) is 38.8 Å². The van der Waals surface area contributed by atoms with Crippen molar-refractivity contribution < 1.29 is 8.78 Å². The Morgan fingerprint density at radius 1 is 0.968 bits per heavy atom. The summed E-state index contributed by atoms with van der Waals surface area (Å²) >= 11 is 0. The number of aromatic nitrogens is 4. The van der Waals surface area contributed by atoms with Gasteiger partial charge in [-0.25, -0.2) is 13.5 Å². The fourth-order valence-electron chi connectivity index (χ4n) is 4.18. The van der Waals surface area contributed by atoms with Gasteiger partial charge in [0.25, 0.3) is 0 Å². The Morgan fingerprint density at radius 3 is 2.42 bits per heavy atom. The smallest absolute Gasteiger partial charge is 0.168 e. The molecule has 0 radical (unpaired) electrons. The summed E-state index contributed by atoms with van der Waals surface area (Å²) in [6, 6.07) is 13.5. The highest BCUT2D eigenvalue weighted by Gasteiger charge is 2.29. The van der Waals surface area contributed by atoms with Crippen molar-refractivity contribution in [3.63, 3.8) is 0 Å². The molecule has 1 aromatic heterocycles. The van der Waals surface area contributed by atoms with Crippen LogP contribution in [0.5, 0.6) is 0 Å². The topological polar surface area (TPSA) is 50.1 Å². The number of para-hydroxylation sites is 1. The number of benzene rings is 2. The standard InChI is InChI=1S/C23H28F2N6/c1-2-3-7-22(23-26-27-28-31(23)17-18-9-11-19(24)12-10-18)30-15-13-29(14-16-30)21-8-5-4-6-20(21)25/h4-6,8-12,22H,2-3,7,13-17H2,1H3/t22-/m1/s1. The van der Waals surface area contributed by atoms with Crippen molar-refractivity contribution >= 4 is 5.69 Å². The lowest BCUT2D eigenvalue weighted by molar-refractivity contribution is 0.162. The number of hydrogen-bond acceptors (Lipinski definition) is 5. The van der Waals surface area contributed by atoms with E-state index in [9.17, 15) is 8.78 Å². The Bertz CT molecular complexity index is 966. The zero-order chi connectivity index (χ0) is 21.6. The molecule has 0 aliphatic carbocycles. The maximum Gasteiger partial charge on any atom is 0.168 e. The molecule has 0 unspecified atom stereocenters. The average molecular weight is 427 g/mol. The number of halogens is 2. The second-order valence-electron chi connectivity index (χ2n) is 7.95. The molecule has 2 aromatic carbocycles. The van der Waals surface area contributed by atoms with Crippen LogP contribution in [-0.4, -0.2) is 51.3 Å². The van der Waals surface area contributed by atoms with E-state index in [2.05, 4.69) is 32.2 Å². The lowest BCUT2D eigenvalue weighted by Crippen LogP contribution is -2.48. The van der Waals surface area contributed by atoms with Crippen LogP contribution in [0.25, 0.3) is 0 Å². The molecule has 31 heavy (non-hydrogen) atoms. The van der Waals surface area contributed by atoms with E-state index in [4.69, 9.17) is 0 Å². The van der Waals surface area contributed by atoms with E-state index in [1.165, 1.54) is 18.2 Å². The molecule has 0 spiro atoms. The molecule has 1 aliphatic heterocycles. The summed E-state index contributed by atoms with van der Waals surface area (Å²) in [5, 5.41) is 12.5. The van der Waals surface area contributed by atoms with Crippen LogP contribution in [0.2, 0.25) is 0 Å². The summed E-state index contributed by atoms with van der Waals surface area (Å²) in [4.78, 5) is 4.50. The van der Waals surface area contributed by atoms with Gasteiger partial charge in [0.1, 0.15) is 11.6 Å². The second kappa shape index (κ2) is 9.96. The molecule has 4 rings (SSSR count). The van der Waals surface area contributed by atoms with Crippen molar-refractivity contribution in [1.82, 2.24) is 25.1 Å². The van der Waals surface area contributed by atoms with Crippen LogP contribution < -0.4 is 4.90 Å². The molecule has 0 amide bonds. The Hall–Kier alpha value is -2.87. The Morgan fingerprint density at radius 2 is 1.71 bits per heavy atom. The van der Waals surface area contributed by atoms with Gasteiger partial charge >= 0.3 is 0 Å². The first-order valence-electron chi connectivity index (χ1n) is 10.9. The first-order chi connectivity index (χ1) is 15.2. The van der Waals surface area contributed by atoms with E-state index in [1.54, 1.807) is 18.2 Å². The molecule has 0 saturated carbocycles. The molecule has 1 atom stereocenters. The molecule has 1 fully saturated rings. The van der Waals surface area contributed by atoms with Crippen molar-refractivity contribution in [2.75, 3.05) is 31.1 Å². The van der Waals surface area contributed by atoms with Gasteiger partial charge in [0.05, 0.1) is 18.3 Å². The molecular formula is C23H28F2N6. The highest BCUT2D eigenvalue weighted by Crippen LogP contribution is 2.28. The van der Waals surface area contributed by atoms with E-state index in [0.717, 1.165) is 56.8 Å². The minimum absolute atomic E-state index is 0.0955. The molecule has 0 bridgehead atoms. The zero-order valence-electron chi connectivity index (χ0n) is 17.8. The second-order valence-corrected chi connectivity index (χ2v) is 7.95. The summed E-state index contributed by atoms with van der Waals surface area (Å²) in [6.45, 7) is 5.81. The van der Waals surface area contributed by atoms with Crippen LogP contribution in [0.4, 0.5) is 14.5 Å². The third-order valence-corrected chi connectivity index (χ3v) is 5.88. The van der Waals surface area contributed by atoms with Gasteiger partial charge in [0.2, 0.25) is 0 Å². The van der Waals surface area contributed by atoms with Gasteiger partial charge in [-0.05, 0) is 46.7 Å². The molecule has 0 N–H and O–H groups in total. The van der Waals surface area contributed by atoms with E-state index < -0.39 is 0 Å². The highest BCUT2D eigenvalue weighted by atomic mass is 19.1. The Kier molecular flexibility index (Phi) is 6.86. The van der Waals surface area contributed by atoms with Crippen LogP contribution in [0, 0.1) is 11.6 Å². The number of nitrogens with zero attached hydrogens (tertiary/aromatic N) is 6. The van der Waals surface area contributed by atoms with Crippen LogP contribution in [0.1, 0.15) is 43.6 Å². The van der Waals surface area contributed by atoms with Crippen LogP contribution in [0.3, 0.4) is 0 Å². The first-order valence-corrected chi connectivity index (χ1v) is 10.9. The van der Waals surface area contributed by atoms with Gasteiger partial charge < -0.3 is 4.90 Å². The van der Waals surface area contributed by atoms with Crippen molar-refractivity contribution in [3.8, 4) is 0 Å². The molecule has 6 nitrogen and oxygen atoms in total. The van der Waals surface area contributed by atoms with Gasteiger partial charge in [-0.3, -0.25) is 4.90 Å². The number of tetrazole rings is 1. The van der Waals surface area contributed by atoms with Crippen molar-refractivity contribution in [2.24, 2.45) is 0 Å². The van der Waals surface area contributed by atoms with Gasteiger partial charge in [-0.15, -0.1) is 5.10 Å². The SMILES string of the molecule is CCCC[C@H](c1nnnn1Cc1ccc(F)cc1)N1CCN(c2ccccc2F)CC1. The maximum absolute atomic E-state index is 14.2. The lowest BCUT2D eigenvalue weighted by atomic mass is 10.1. The number of unbranched alkanes of at least 4 members (excludes halogenated alkanes) is 1. The highest BCUT2D eigenvalue weighted by molar-refractivity contribution is 5.48. The van der Waals surface area contributed by atoms with E-state index >= 15 is 0 Å². The van der Waals surface area contributed by atoms with Crippen LogP contribution in [0.15, 0.2) is 48.5 Å². The van der Waals surface area contributed by atoms with Gasteiger partial charge in [0.15, 0.2) is 5.82 Å². The first kappa shape index (κ1) is 21.4. The van der Waals surface area contributed by atoms with Crippen LogP contribution >= 0.6 is 0 Å². The Balaban J connectivity index is 1.49. The minimum atomic E-state index is -0.255.